The molecule has 2 heterocycles. The van der Waals surface area contributed by atoms with Gasteiger partial charge in [-0.2, -0.15) is 0 Å². The van der Waals surface area contributed by atoms with Crippen molar-refractivity contribution in [2.75, 3.05) is 6.26 Å². The third-order valence-electron chi connectivity index (χ3n) is 3.02. The minimum Gasteiger partial charge on any atom is -0.341 e. The van der Waals surface area contributed by atoms with Gasteiger partial charge >= 0.3 is 0 Å². The first-order chi connectivity index (χ1) is 8.10. The average molecular weight is 270 g/mol. The number of hydrogen-bond donors (Lipinski definition) is 0. The molecule has 3 nitrogen and oxygen atoms in total. The fourth-order valence-electron chi connectivity index (χ4n) is 2.04. The maximum atomic E-state index is 6.28. The molecule has 0 aliphatic carbocycles. The van der Waals surface area contributed by atoms with Gasteiger partial charge in [-0.05, 0) is 32.1 Å². The van der Waals surface area contributed by atoms with Crippen molar-refractivity contribution in [2.45, 2.75) is 38.9 Å². The summed E-state index contributed by atoms with van der Waals surface area (Å²) >= 11 is 7.80. The van der Waals surface area contributed by atoms with Gasteiger partial charge in [0.2, 0.25) is 0 Å². The molecule has 0 spiro atoms. The van der Waals surface area contributed by atoms with Gasteiger partial charge in [-0.25, -0.2) is 9.97 Å². The average Bonchev–Trinajstić information content (AvgIpc) is 2.55. The predicted octanol–water partition coefficient (Wildman–Crippen LogP) is 3.83. The van der Waals surface area contributed by atoms with Crippen LogP contribution in [0.25, 0.3) is 11.0 Å². The highest BCUT2D eigenvalue weighted by molar-refractivity contribution is 7.98. The molecular weight excluding hydrogens is 254 g/mol. The standard InChI is InChI=1S/C12H16ClN3S/c1-5-6-16-8(3)7(2)9-10(16)11(13)15-12(14-9)17-4/h5-6H2,1-4H3. The summed E-state index contributed by atoms with van der Waals surface area (Å²) in [6.07, 6.45) is 3.04. The van der Waals surface area contributed by atoms with Crippen molar-refractivity contribution in [2.24, 2.45) is 0 Å². The molecule has 5 heteroatoms. The molecule has 0 atom stereocenters. The van der Waals surface area contributed by atoms with Gasteiger partial charge in [0.25, 0.3) is 0 Å². The first-order valence-corrected chi connectivity index (χ1v) is 7.27. The minimum atomic E-state index is 0.559. The van der Waals surface area contributed by atoms with E-state index in [1.807, 2.05) is 6.26 Å². The molecule has 0 saturated heterocycles. The van der Waals surface area contributed by atoms with E-state index in [0.717, 1.165) is 29.2 Å². The van der Waals surface area contributed by atoms with Crippen molar-refractivity contribution >= 4 is 34.4 Å². The van der Waals surface area contributed by atoms with Crippen LogP contribution >= 0.6 is 23.4 Å². The predicted molar refractivity (Wildman–Crippen MR) is 74.1 cm³/mol. The summed E-state index contributed by atoms with van der Waals surface area (Å²) in [5, 5.41) is 1.29. The number of thioether (sulfide) groups is 1. The van der Waals surface area contributed by atoms with Gasteiger partial charge in [-0.1, -0.05) is 30.3 Å². The molecule has 92 valence electrons. The highest BCUT2D eigenvalue weighted by Gasteiger charge is 2.16. The third-order valence-corrected chi connectivity index (χ3v) is 3.83. The van der Waals surface area contributed by atoms with Gasteiger partial charge < -0.3 is 4.57 Å². The Bertz CT molecular complexity index is 563. The van der Waals surface area contributed by atoms with E-state index in [1.54, 1.807) is 0 Å². The van der Waals surface area contributed by atoms with Gasteiger partial charge in [-0.15, -0.1) is 0 Å². The Labute approximate surface area is 111 Å². The van der Waals surface area contributed by atoms with E-state index < -0.39 is 0 Å². The lowest BCUT2D eigenvalue weighted by Crippen LogP contribution is -2.00. The molecule has 0 N–H and O–H groups in total. The second-order valence-corrected chi connectivity index (χ2v) is 5.19. The van der Waals surface area contributed by atoms with Crippen LogP contribution in [0, 0.1) is 13.8 Å². The summed E-state index contributed by atoms with van der Waals surface area (Å²) in [4.78, 5) is 8.88. The van der Waals surface area contributed by atoms with Crippen LogP contribution in [-0.4, -0.2) is 20.8 Å². The van der Waals surface area contributed by atoms with Crippen molar-refractivity contribution in [1.82, 2.24) is 14.5 Å². The molecule has 17 heavy (non-hydrogen) atoms. The number of aromatic nitrogens is 3. The molecule has 2 aromatic heterocycles. The fraction of sp³-hybridized carbons (Fsp3) is 0.500. The van der Waals surface area contributed by atoms with E-state index in [0.29, 0.717) is 5.15 Å². The first-order valence-electron chi connectivity index (χ1n) is 5.67. The molecule has 2 rings (SSSR count). The number of fused-ring (bicyclic) bond motifs is 1. The molecular formula is C12H16ClN3S. The Morgan fingerprint density at radius 2 is 2.00 bits per heavy atom. The molecule has 0 aliphatic heterocycles. The molecule has 0 amide bonds. The van der Waals surface area contributed by atoms with Crippen LogP contribution in [0.4, 0.5) is 0 Å². The molecule has 0 saturated carbocycles. The van der Waals surface area contributed by atoms with E-state index in [4.69, 9.17) is 11.6 Å². The number of nitrogens with zero attached hydrogens (tertiary/aromatic N) is 3. The van der Waals surface area contributed by atoms with Crippen LogP contribution in [0.2, 0.25) is 5.15 Å². The Hall–Kier alpha value is -0.740. The summed E-state index contributed by atoms with van der Waals surface area (Å²) in [5.74, 6) is 0. The highest BCUT2D eigenvalue weighted by atomic mass is 35.5. The first kappa shape index (κ1) is 12.7. The van der Waals surface area contributed by atoms with Gasteiger partial charge in [0.05, 0.1) is 5.52 Å². The second-order valence-electron chi connectivity index (χ2n) is 4.06. The zero-order valence-electron chi connectivity index (χ0n) is 10.5. The lowest BCUT2D eigenvalue weighted by molar-refractivity contribution is 0.682. The van der Waals surface area contributed by atoms with E-state index in [9.17, 15) is 0 Å². The van der Waals surface area contributed by atoms with Crippen LogP contribution in [0.3, 0.4) is 0 Å². The summed E-state index contributed by atoms with van der Waals surface area (Å²) in [6, 6.07) is 0. The minimum absolute atomic E-state index is 0.559. The zero-order valence-corrected chi connectivity index (χ0v) is 12.1. The van der Waals surface area contributed by atoms with Crippen LogP contribution < -0.4 is 0 Å². The fourth-order valence-corrected chi connectivity index (χ4v) is 2.73. The zero-order chi connectivity index (χ0) is 12.6. The maximum absolute atomic E-state index is 6.28. The summed E-state index contributed by atoms with van der Waals surface area (Å²) in [6.45, 7) is 7.32. The summed E-state index contributed by atoms with van der Waals surface area (Å²) < 4.78 is 2.22. The lowest BCUT2D eigenvalue weighted by atomic mass is 10.2. The van der Waals surface area contributed by atoms with E-state index >= 15 is 0 Å². The highest BCUT2D eigenvalue weighted by Crippen LogP contribution is 2.30. The smallest absolute Gasteiger partial charge is 0.189 e. The summed E-state index contributed by atoms with van der Waals surface area (Å²) in [5.41, 5.74) is 4.39. The Balaban J connectivity index is 2.80. The number of hydrogen-bond acceptors (Lipinski definition) is 3. The van der Waals surface area contributed by atoms with Crippen LogP contribution in [0.15, 0.2) is 5.16 Å². The van der Waals surface area contributed by atoms with E-state index in [2.05, 4.69) is 35.3 Å². The monoisotopic (exact) mass is 269 g/mol. The van der Waals surface area contributed by atoms with Gasteiger partial charge in [0.15, 0.2) is 10.3 Å². The molecule has 0 aromatic carbocycles. The Morgan fingerprint density at radius 3 is 2.59 bits per heavy atom. The SMILES string of the molecule is CCCn1c(C)c(C)c2nc(SC)nc(Cl)c21. The number of aryl methyl sites for hydroxylation is 2. The molecule has 2 aromatic rings. The number of halogens is 1. The van der Waals surface area contributed by atoms with Gasteiger partial charge in [0, 0.05) is 12.2 Å². The third kappa shape index (κ3) is 2.04. The van der Waals surface area contributed by atoms with Crippen molar-refractivity contribution in [3.05, 3.63) is 16.4 Å². The van der Waals surface area contributed by atoms with E-state index in [1.165, 1.54) is 23.0 Å². The molecule has 0 unspecified atom stereocenters. The van der Waals surface area contributed by atoms with Crippen molar-refractivity contribution in [3.63, 3.8) is 0 Å². The topological polar surface area (TPSA) is 30.7 Å². The second kappa shape index (κ2) is 4.86. The van der Waals surface area contributed by atoms with Crippen molar-refractivity contribution < 1.29 is 0 Å². The van der Waals surface area contributed by atoms with Crippen molar-refractivity contribution in [3.8, 4) is 0 Å². The quantitative estimate of drug-likeness (QED) is 0.482. The van der Waals surface area contributed by atoms with Crippen molar-refractivity contribution in [1.29, 1.82) is 0 Å². The molecule has 0 radical (unpaired) electrons. The molecule has 0 aliphatic rings. The van der Waals surface area contributed by atoms with Crippen LogP contribution in [0.5, 0.6) is 0 Å². The van der Waals surface area contributed by atoms with Gasteiger partial charge in [0.1, 0.15) is 5.52 Å². The van der Waals surface area contributed by atoms with Crippen LogP contribution in [-0.2, 0) is 6.54 Å². The Kier molecular flexibility index (Phi) is 3.64. The molecule has 0 fully saturated rings. The van der Waals surface area contributed by atoms with Crippen LogP contribution in [0.1, 0.15) is 24.6 Å². The largest absolute Gasteiger partial charge is 0.341 e. The lowest BCUT2D eigenvalue weighted by Gasteiger charge is -2.07. The summed E-state index contributed by atoms with van der Waals surface area (Å²) in [7, 11) is 0. The maximum Gasteiger partial charge on any atom is 0.189 e. The van der Waals surface area contributed by atoms with E-state index in [-0.39, 0.29) is 0 Å². The normalized spacial score (nSPS) is 11.4. The molecule has 0 bridgehead atoms. The number of rotatable bonds is 3. The van der Waals surface area contributed by atoms with Gasteiger partial charge in [-0.3, -0.25) is 0 Å². The Morgan fingerprint density at radius 1 is 1.29 bits per heavy atom.